The maximum Gasteiger partial charge on any atom is 0.352 e. The topological polar surface area (TPSA) is 285 Å². The highest BCUT2D eigenvalue weighted by atomic mass is 32.2. The number of likely N-dealkylation sites (tertiary alicyclic amines) is 1. The number of nitrogens with two attached hydrogens (primary N) is 1. The Kier molecular flexibility index (Phi) is 10.9. The Bertz CT molecular complexity index is 2230. The summed E-state index contributed by atoms with van der Waals surface area (Å²) in [5.41, 5.74) is 5.62. The number of aliphatic carboxylic acids is 3. The molecule has 0 unspecified atom stereocenters. The Labute approximate surface area is 319 Å². The Morgan fingerprint density at radius 1 is 1.09 bits per heavy atom. The molecular formula is C34H38N7O12S2+. The predicted octanol–water partition coefficient (Wildman–Crippen LogP) is 1.54. The lowest BCUT2D eigenvalue weighted by molar-refractivity contribution is -0.925. The highest BCUT2D eigenvalue weighted by Crippen LogP contribution is 2.49. The number of amides is 1. The molecule has 0 spiro atoms. The number of quaternary nitrogens is 1. The lowest BCUT2D eigenvalue weighted by Crippen LogP contribution is -2.63. The third kappa shape index (κ3) is 7.58. The number of anilines is 1. The Morgan fingerprint density at radius 3 is 2.38 bits per heavy atom. The number of β-lactam (4-membered cyclic amide) rings is 1. The van der Waals surface area contributed by atoms with Crippen LogP contribution in [0.25, 0.3) is 10.9 Å². The zero-order chi connectivity index (χ0) is 39.9. The number of benzene rings is 1. The Hall–Kier alpha value is -5.54. The van der Waals surface area contributed by atoms with Crippen molar-refractivity contribution in [2.45, 2.75) is 69.3 Å². The first-order chi connectivity index (χ1) is 26.0. The molecule has 1 amide bonds. The third-order valence-corrected chi connectivity index (χ3v) is 12.2. The van der Waals surface area contributed by atoms with E-state index in [4.69, 9.17) is 15.7 Å². The molecule has 21 heteroatoms. The first-order valence-corrected chi connectivity index (χ1v) is 19.0. The number of aromatic nitrogens is 3. The molecule has 4 atom stereocenters. The molecule has 55 heavy (non-hydrogen) atoms. The van der Waals surface area contributed by atoms with Crippen LogP contribution < -0.4 is 11.2 Å². The maximum atomic E-state index is 13.8. The highest BCUT2D eigenvalue weighted by Gasteiger charge is 2.56. The smallest absolute Gasteiger partial charge is 0.352 e. The average molecular weight is 801 g/mol. The number of thiazole rings is 1. The van der Waals surface area contributed by atoms with Gasteiger partial charge < -0.3 is 40.6 Å². The van der Waals surface area contributed by atoms with Gasteiger partial charge in [0.15, 0.2) is 33.8 Å². The van der Waals surface area contributed by atoms with Crippen molar-refractivity contribution in [2.75, 3.05) is 25.4 Å². The zero-order valence-corrected chi connectivity index (χ0v) is 31.2. The summed E-state index contributed by atoms with van der Waals surface area (Å²) in [4.78, 5) is 86.9. The number of oxime groups is 1. The molecule has 3 aliphatic rings. The molecule has 3 aliphatic heterocycles. The van der Waals surface area contributed by atoms with E-state index in [-0.39, 0.29) is 46.4 Å². The summed E-state index contributed by atoms with van der Waals surface area (Å²) in [6, 6.07) is 2.49. The summed E-state index contributed by atoms with van der Waals surface area (Å²) in [6.45, 7) is 5.56. The highest BCUT2D eigenvalue weighted by molar-refractivity contribution is 8.00. The van der Waals surface area contributed by atoms with Crippen molar-refractivity contribution in [2.24, 2.45) is 11.1 Å². The number of nitrogen functional groups attached to an aromatic ring is 1. The molecule has 0 radical (unpaired) electrons. The minimum Gasteiger partial charge on any atom is -0.504 e. The average Bonchev–Trinajstić information content (AvgIpc) is 3.78. The number of carboxylic acid groups (broad SMARTS) is 3. The quantitative estimate of drug-likeness (QED) is 0.0418. The summed E-state index contributed by atoms with van der Waals surface area (Å²) in [6.07, 6.45) is -1.74. The summed E-state index contributed by atoms with van der Waals surface area (Å²) in [7, 11) is 0. The van der Waals surface area contributed by atoms with E-state index < -0.39 is 82.0 Å². The van der Waals surface area contributed by atoms with Gasteiger partial charge in [0.05, 0.1) is 41.7 Å². The largest absolute Gasteiger partial charge is 0.504 e. The van der Waals surface area contributed by atoms with E-state index in [1.165, 1.54) is 34.2 Å². The number of hydrogen-bond acceptors (Lipinski definition) is 15. The van der Waals surface area contributed by atoms with Crippen molar-refractivity contribution in [3.05, 3.63) is 50.4 Å². The van der Waals surface area contributed by atoms with Crippen molar-refractivity contribution < 1.29 is 58.8 Å². The third-order valence-electron chi connectivity index (χ3n) is 10.0. The predicted molar refractivity (Wildman–Crippen MR) is 196 cm³/mol. The number of nitrogens with zero attached hydrogens (tertiary/aromatic N) is 6. The minimum atomic E-state index is -1.93. The standard InChI is InChI=1S/C34H37N7O12S2/c1-3-39-21-10-23(43)22(42)8-16(21)29(47)19(37-39)13-41(6-4-5-7-41)12-18-15(2)55-31-17(30(48)40(31)28(18)33(51)52)9-24(44)27(20-14-54-34(35)36-20)38-53-25(32(49)50)11-26(45)46/h8,10,14-15,17,25,31H,3-7,9,11-13H2,1-2H3,(H6-,35,36,37,38,42,43,44,45,46,47,49,50,51,52)/p+1/t15-,17+,25-,31+/m0/s1. The molecule has 0 bridgehead atoms. The number of fused-ring (bicyclic) bond motifs is 2. The monoisotopic (exact) mass is 800 g/mol. The fourth-order valence-corrected chi connectivity index (χ4v) is 9.38. The Balaban J connectivity index is 1.28. The molecular weight excluding hydrogens is 763 g/mol. The van der Waals surface area contributed by atoms with E-state index in [0.717, 1.165) is 24.2 Å². The number of phenols is 2. The van der Waals surface area contributed by atoms with E-state index in [2.05, 4.69) is 15.2 Å². The molecule has 3 aromatic rings. The molecule has 5 heterocycles. The van der Waals surface area contributed by atoms with Gasteiger partial charge in [-0.25, -0.2) is 14.6 Å². The van der Waals surface area contributed by atoms with Gasteiger partial charge in [0.25, 0.3) is 0 Å². The van der Waals surface area contributed by atoms with Crippen LogP contribution in [0.5, 0.6) is 11.5 Å². The number of hydrogen-bond donors (Lipinski definition) is 6. The summed E-state index contributed by atoms with van der Waals surface area (Å²) < 4.78 is 1.86. The van der Waals surface area contributed by atoms with Gasteiger partial charge in [-0.1, -0.05) is 5.16 Å². The van der Waals surface area contributed by atoms with Crippen molar-refractivity contribution in [1.82, 2.24) is 19.7 Å². The van der Waals surface area contributed by atoms with Crippen LogP contribution in [-0.2, 0) is 41.9 Å². The van der Waals surface area contributed by atoms with Crippen LogP contribution in [0, 0.1) is 5.92 Å². The lowest BCUT2D eigenvalue weighted by Gasteiger charge is -2.51. The second-order valence-corrected chi connectivity index (χ2v) is 15.9. The molecule has 2 aromatic heterocycles. The van der Waals surface area contributed by atoms with Crippen LogP contribution in [0.1, 0.15) is 50.9 Å². The summed E-state index contributed by atoms with van der Waals surface area (Å²) >= 11 is 2.26. The van der Waals surface area contributed by atoms with Gasteiger partial charge in [0.2, 0.25) is 17.4 Å². The van der Waals surface area contributed by atoms with E-state index >= 15 is 0 Å². The Morgan fingerprint density at radius 2 is 1.78 bits per heavy atom. The number of Topliss-reactive ketones (excluding diaryl/α,β-unsaturated/α-hetero) is 1. The van der Waals surface area contributed by atoms with Crippen LogP contribution in [0.15, 0.2) is 38.7 Å². The fourth-order valence-electron chi connectivity index (χ4n) is 7.33. The second-order valence-electron chi connectivity index (χ2n) is 13.6. The molecule has 0 aliphatic carbocycles. The van der Waals surface area contributed by atoms with Crippen molar-refractivity contribution in [3.8, 4) is 11.5 Å². The van der Waals surface area contributed by atoms with Gasteiger partial charge in [-0.3, -0.25) is 28.8 Å². The first-order valence-electron chi connectivity index (χ1n) is 17.2. The number of phenolic OH excluding ortho intramolecular Hbond substituents is 2. The molecule has 1 aromatic carbocycles. The van der Waals surface area contributed by atoms with Gasteiger partial charge in [-0.05, 0) is 19.9 Å². The molecule has 292 valence electrons. The number of ketones is 1. The normalized spacial score (nSPS) is 21.3. The van der Waals surface area contributed by atoms with E-state index in [9.17, 15) is 49.2 Å². The van der Waals surface area contributed by atoms with E-state index in [1.807, 2.05) is 13.8 Å². The molecule has 19 nitrogen and oxygen atoms in total. The number of carbonyl (C=O) groups excluding carboxylic acids is 2. The van der Waals surface area contributed by atoms with Crippen molar-refractivity contribution in [1.29, 1.82) is 0 Å². The molecule has 0 saturated carbocycles. The van der Waals surface area contributed by atoms with E-state index in [0.29, 0.717) is 35.2 Å². The van der Waals surface area contributed by atoms with Crippen LogP contribution in [0.2, 0.25) is 0 Å². The van der Waals surface area contributed by atoms with Crippen molar-refractivity contribution in [3.63, 3.8) is 0 Å². The number of carboxylic acids is 3. The minimum absolute atomic E-state index is 0.0487. The lowest BCUT2D eigenvalue weighted by atomic mass is 9.88. The fraction of sp³-hybridized carbons (Fsp3) is 0.441. The van der Waals surface area contributed by atoms with Gasteiger partial charge >= 0.3 is 17.9 Å². The summed E-state index contributed by atoms with van der Waals surface area (Å²) in [5.74, 6) is -7.69. The number of aromatic hydroxyl groups is 2. The van der Waals surface area contributed by atoms with Crippen LogP contribution in [0.4, 0.5) is 5.13 Å². The number of aryl methyl sites for hydroxylation is 1. The molecule has 2 fully saturated rings. The maximum absolute atomic E-state index is 13.8. The van der Waals surface area contributed by atoms with Crippen LogP contribution in [-0.4, -0.2) is 121 Å². The second kappa shape index (κ2) is 15.3. The number of carbonyl (C=O) groups is 5. The number of thioether (sulfide) groups is 1. The van der Waals surface area contributed by atoms with Crippen molar-refractivity contribution >= 4 is 74.4 Å². The van der Waals surface area contributed by atoms with Gasteiger partial charge in [0, 0.05) is 48.1 Å². The molecule has 2 saturated heterocycles. The van der Waals surface area contributed by atoms with E-state index in [1.54, 1.807) is 4.68 Å². The molecule has 6 rings (SSSR count). The van der Waals surface area contributed by atoms with Crippen LogP contribution in [0.3, 0.4) is 0 Å². The SMILES string of the molecule is CCn1nc(C[N+]2(CC3=C(C(=O)O)N4C(=O)[C@@H](CC(=O)/C(=N\O[C@@H](CC(=O)O)C(=O)O)c5csc(N)n5)[C@H]4S[C@H]3C)CCCC2)c(=O)c2cc(O)c(O)cc21. The molecule has 7 N–H and O–H groups in total. The van der Waals surface area contributed by atoms with Gasteiger partial charge in [-0.15, -0.1) is 23.1 Å². The van der Waals surface area contributed by atoms with Crippen LogP contribution >= 0.6 is 23.1 Å². The zero-order valence-electron chi connectivity index (χ0n) is 29.6. The number of rotatable bonds is 15. The first kappa shape index (κ1) is 39.2. The van der Waals surface area contributed by atoms with Gasteiger partial charge in [0.1, 0.15) is 24.5 Å². The van der Waals surface area contributed by atoms with Gasteiger partial charge in [-0.2, -0.15) is 5.10 Å². The summed E-state index contributed by atoms with van der Waals surface area (Å²) in [5, 5.41) is 57.9.